The maximum atomic E-state index is 13.4. The SMILES string of the molecule is CCc1cccc(OC(c2cccc(F)c2)C(C)N)c1. The van der Waals surface area contributed by atoms with Crippen molar-refractivity contribution in [2.75, 3.05) is 0 Å². The van der Waals surface area contributed by atoms with Crippen LogP contribution in [0.2, 0.25) is 0 Å². The number of ether oxygens (including phenoxy) is 1. The maximum absolute atomic E-state index is 13.4. The summed E-state index contributed by atoms with van der Waals surface area (Å²) in [5.41, 5.74) is 7.94. The van der Waals surface area contributed by atoms with Gasteiger partial charge in [-0.15, -0.1) is 0 Å². The molecule has 3 heteroatoms. The van der Waals surface area contributed by atoms with Gasteiger partial charge in [0.1, 0.15) is 17.7 Å². The summed E-state index contributed by atoms with van der Waals surface area (Å²) in [5, 5.41) is 0. The molecule has 0 radical (unpaired) electrons. The van der Waals surface area contributed by atoms with E-state index in [-0.39, 0.29) is 18.0 Å². The molecule has 2 N–H and O–H groups in total. The van der Waals surface area contributed by atoms with Gasteiger partial charge in [0.2, 0.25) is 0 Å². The van der Waals surface area contributed by atoms with Gasteiger partial charge >= 0.3 is 0 Å². The van der Waals surface area contributed by atoms with Crippen LogP contribution < -0.4 is 10.5 Å². The van der Waals surface area contributed by atoms with Gasteiger partial charge < -0.3 is 10.5 Å². The van der Waals surface area contributed by atoms with Crippen molar-refractivity contribution in [3.8, 4) is 5.75 Å². The van der Waals surface area contributed by atoms with Crippen LogP contribution in [0, 0.1) is 5.82 Å². The third kappa shape index (κ3) is 3.58. The van der Waals surface area contributed by atoms with Crippen molar-refractivity contribution in [1.29, 1.82) is 0 Å². The van der Waals surface area contributed by atoms with E-state index in [2.05, 4.69) is 13.0 Å². The minimum absolute atomic E-state index is 0.234. The number of benzene rings is 2. The zero-order valence-corrected chi connectivity index (χ0v) is 11.8. The van der Waals surface area contributed by atoms with Gasteiger partial charge in [-0.25, -0.2) is 4.39 Å². The molecule has 0 aliphatic heterocycles. The Morgan fingerprint density at radius 2 is 1.90 bits per heavy atom. The largest absolute Gasteiger partial charge is 0.484 e. The van der Waals surface area contributed by atoms with E-state index in [0.29, 0.717) is 0 Å². The number of rotatable bonds is 5. The molecule has 2 aromatic rings. The second kappa shape index (κ2) is 6.53. The summed E-state index contributed by atoms with van der Waals surface area (Å²) in [6, 6.07) is 14.1. The molecule has 0 saturated carbocycles. The Labute approximate surface area is 119 Å². The number of hydrogen-bond acceptors (Lipinski definition) is 2. The van der Waals surface area contributed by atoms with Crippen LogP contribution in [0.25, 0.3) is 0 Å². The summed E-state index contributed by atoms with van der Waals surface area (Å²) in [5.74, 6) is 0.481. The van der Waals surface area contributed by atoms with E-state index in [1.807, 2.05) is 31.2 Å². The Hall–Kier alpha value is -1.87. The Morgan fingerprint density at radius 3 is 2.55 bits per heavy atom. The summed E-state index contributed by atoms with van der Waals surface area (Å²) >= 11 is 0. The van der Waals surface area contributed by atoms with Crippen molar-refractivity contribution in [3.05, 3.63) is 65.5 Å². The maximum Gasteiger partial charge on any atom is 0.139 e. The van der Waals surface area contributed by atoms with Gasteiger partial charge in [-0.1, -0.05) is 31.2 Å². The average molecular weight is 273 g/mol. The molecule has 0 spiro atoms. The van der Waals surface area contributed by atoms with Crippen LogP contribution in [0.5, 0.6) is 5.75 Å². The Balaban J connectivity index is 2.25. The molecule has 0 saturated heterocycles. The topological polar surface area (TPSA) is 35.2 Å². The highest BCUT2D eigenvalue weighted by Crippen LogP contribution is 2.25. The van der Waals surface area contributed by atoms with E-state index in [9.17, 15) is 4.39 Å². The lowest BCUT2D eigenvalue weighted by molar-refractivity contribution is 0.180. The molecule has 2 rings (SSSR count). The van der Waals surface area contributed by atoms with Crippen molar-refractivity contribution < 1.29 is 9.13 Å². The first-order valence-corrected chi connectivity index (χ1v) is 6.86. The number of nitrogens with two attached hydrogens (primary N) is 1. The number of aryl methyl sites for hydroxylation is 1. The molecule has 0 amide bonds. The van der Waals surface area contributed by atoms with Gasteiger partial charge in [0.05, 0.1) is 0 Å². The van der Waals surface area contributed by atoms with Gasteiger partial charge in [-0.3, -0.25) is 0 Å². The Bertz CT molecular complexity index is 568. The van der Waals surface area contributed by atoms with Gasteiger partial charge in [0.25, 0.3) is 0 Å². The van der Waals surface area contributed by atoms with Crippen LogP contribution in [0.1, 0.15) is 31.1 Å². The second-order valence-electron chi connectivity index (χ2n) is 4.95. The summed E-state index contributed by atoms with van der Waals surface area (Å²) in [6.07, 6.45) is 0.581. The number of halogens is 1. The second-order valence-corrected chi connectivity index (χ2v) is 4.95. The molecule has 0 aromatic heterocycles. The first-order valence-electron chi connectivity index (χ1n) is 6.86. The molecule has 20 heavy (non-hydrogen) atoms. The molecule has 106 valence electrons. The molecular weight excluding hydrogens is 253 g/mol. The van der Waals surface area contributed by atoms with E-state index in [1.165, 1.54) is 17.7 Å². The zero-order valence-electron chi connectivity index (χ0n) is 11.8. The lowest BCUT2D eigenvalue weighted by atomic mass is 10.0. The predicted molar refractivity (Wildman–Crippen MR) is 79.2 cm³/mol. The van der Waals surface area contributed by atoms with E-state index in [4.69, 9.17) is 10.5 Å². The van der Waals surface area contributed by atoms with Crippen molar-refractivity contribution in [2.45, 2.75) is 32.4 Å². The predicted octanol–water partition coefficient (Wildman–Crippen LogP) is 3.86. The molecule has 2 nitrogen and oxygen atoms in total. The first kappa shape index (κ1) is 14.5. The molecule has 2 aromatic carbocycles. The molecular formula is C17H20FNO. The summed E-state index contributed by atoms with van der Waals surface area (Å²) in [4.78, 5) is 0. The molecule has 0 aliphatic rings. The van der Waals surface area contributed by atoms with Crippen molar-refractivity contribution in [1.82, 2.24) is 0 Å². The van der Waals surface area contributed by atoms with Crippen LogP contribution in [-0.4, -0.2) is 6.04 Å². The Kier molecular flexibility index (Phi) is 4.74. The van der Waals surface area contributed by atoms with Crippen LogP contribution in [-0.2, 0) is 6.42 Å². The average Bonchev–Trinajstić information content (AvgIpc) is 2.44. The van der Waals surface area contributed by atoms with Crippen molar-refractivity contribution in [3.63, 3.8) is 0 Å². The monoisotopic (exact) mass is 273 g/mol. The first-order chi connectivity index (χ1) is 9.60. The third-order valence-electron chi connectivity index (χ3n) is 3.22. The highest BCUT2D eigenvalue weighted by Gasteiger charge is 2.18. The van der Waals surface area contributed by atoms with Crippen LogP contribution in [0.15, 0.2) is 48.5 Å². The van der Waals surface area contributed by atoms with E-state index in [1.54, 1.807) is 6.07 Å². The highest BCUT2D eigenvalue weighted by molar-refractivity contribution is 5.30. The van der Waals surface area contributed by atoms with Crippen LogP contribution in [0.4, 0.5) is 4.39 Å². The van der Waals surface area contributed by atoms with Crippen LogP contribution >= 0.6 is 0 Å². The van der Waals surface area contributed by atoms with E-state index >= 15 is 0 Å². The molecule has 0 fully saturated rings. The minimum Gasteiger partial charge on any atom is -0.484 e. The Morgan fingerprint density at radius 1 is 1.15 bits per heavy atom. The van der Waals surface area contributed by atoms with Gasteiger partial charge in [0, 0.05) is 6.04 Å². The fourth-order valence-electron chi connectivity index (χ4n) is 2.15. The molecule has 2 atom stereocenters. The van der Waals surface area contributed by atoms with Gasteiger partial charge in [-0.2, -0.15) is 0 Å². The molecule has 0 aliphatic carbocycles. The summed E-state index contributed by atoms with van der Waals surface area (Å²) in [7, 11) is 0. The van der Waals surface area contributed by atoms with Crippen molar-refractivity contribution in [2.24, 2.45) is 5.73 Å². The zero-order chi connectivity index (χ0) is 14.5. The lowest BCUT2D eigenvalue weighted by Crippen LogP contribution is -2.29. The molecule has 0 heterocycles. The standard InChI is InChI=1S/C17H20FNO/c1-3-13-6-4-9-16(10-13)20-17(12(2)19)14-7-5-8-15(18)11-14/h4-12,17H,3,19H2,1-2H3. The highest BCUT2D eigenvalue weighted by atomic mass is 19.1. The van der Waals surface area contributed by atoms with Crippen LogP contribution in [0.3, 0.4) is 0 Å². The summed E-state index contributed by atoms with van der Waals surface area (Å²) in [6.45, 7) is 3.95. The number of hydrogen-bond donors (Lipinski definition) is 1. The smallest absolute Gasteiger partial charge is 0.139 e. The van der Waals surface area contributed by atoms with E-state index < -0.39 is 0 Å². The molecule has 2 unspecified atom stereocenters. The van der Waals surface area contributed by atoms with Gasteiger partial charge in [0.15, 0.2) is 0 Å². The quantitative estimate of drug-likeness (QED) is 0.898. The lowest BCUT2D eigenvalue weighted by Gasteiger charge is -2.23. The third-order valence-corrected chi connectivity index (χ3v) is 3.22. The normalized spacial score (nSPS) is 13.8. The fraction of sp³-hybridized carbons (Fsp3) is 0.294. The van der Waals surface area contributed by atoms with E-state index in [0.717, 1.165) is 17.7 Å². The fourth-order valence-corrected chi connectivity index (χ4v) is 2.15. The minimum atomic E-state index is -0.363. The van der Waals surface area contributed by atoms with Crippen molar-refractivity contribution >= 4 is 0 Å². The molecule has 0 bridgehead atoms. The van der Waals surface area contributed by atoms with Gasteiger partial charge in [-0.05, 0) is 48.7 Å². The summed E-state index contributed by atoms with van der Waals surface area (Å²) < 4.78 is 19.3.